The number of ether oxygens (including phenoxy) is 1. The fraction of sp³-hybridized carbons (Fsp3) is 0.238. The summed E-state index contributed by atoms with van der Waals surface area (Å²) in [6, 6.07) is 9.66. The molecule has 152 valence electrons. The third kappa shape index (κ3) is 3.39. The number of anilines is 3. The summed E-state index contributed by atoms with van der Waals surface area (Å²) < 4.78 is 6.98. The highest BCUT2D eigenvalue weighted by atomic mass is 16.5. The summed E-state index contributed by atoms with van der Waals surface area (Å²) in [5, 5.41) is 9.90. The summed E-state index contributed by atoms with van der Waals surface area (Å²) in [7, 11) is 1.75. The SMILES string of the molecule is Cn1c(=O)c(Nc2ccc(N3CCOCC3)nc2)nc2ccc(-c3cn[nH]c3)cc21. The number of morpholine rings is 1. The fourth-order valence-electron chi connectivity index (χ4n) is 3.57. The van der Waals surface area contributed by atoms with Crippen molar-refractivity contribution >= 4 is 28.4 Å². The zero-order valence-corrected chi connectivity index (χ0v) is 16.5. The lowest BCUT2D eigenvalue weighted by molar-refractivity contribution is 0.122. The molecule has 1 aliphatic rings. The summed E-state index contributed by atoms with van der Waals surface area (Å²) >= 11 is 0. The van der Waals surface area contributed by atoms with Crippen LogP contribution in [0.15, 0.2) is 53.7 Å². The van der Waals surface area contributed by atoms with Gasteiger partial charge in [-0.05, 0) is 29.8 Å². The van der Waals surface area contributed by atoms with Crippen molar-refractivity contribution in [1.29, 1.82) is 0 Å². The van der Waals surface area contributed by atoms with E-state index < -0.39 is 0 Å². The van der Waals surface area contributed by atoms with Crippen molar-refractivity contribution in [2.45, 2.75) is 0 Å². The molecule has 0 atom stereocenters. The van der Waals surface area contributed by atoms with Gasteiger partial charge in [0.05, 0.1) is 42.3 Å². The summed E-state index contributed by atoms with van der Waals surface area (Å²) in [5.41, 5.74) is 3.92. The Kier molecular flexibility index (Phi) is 4.64. The van der Waals surface area contributed by atoms with Crippen molar-refractivity contribution in [3.63, 3.8) is 0 Å². The van der Waals surface area contributed by atoms with E-state index in [9.17, 15) is 4.79 Å². The Balaban J connectivity index is 1.43. The Labute approximate surface area is 172 Å². The lowest BCUT2D eigenvalue weighted by atomic mass is 10.1. The molecule has 4 heterocycles. The molecule has 0 aliphatic carbocycles. The van der Waals surface area contributed by atoms with Crippen LogP contribution in [0.4, 0.5) is 17.3 Å². The number of aromatic amines is 1. The zero-order chi connectivity index (χ0) is 20.5. The van der Waals surface area contributed by atoms with Crippen molar-refractivity contribution in [3.8, 4) is 11.1 Å². The summed E-state index contributed by atoms with van der Waals surface area (Å²) in [6.45, 7) is 3.07. The second-order valence-corrected chi connectivity index (χ2v) is 7.14. The fourth-order valence-corrected chi connectivity index (χ4v) is 3.57. The highest BCUT2D eigenvalue weighted by Gasteiger charge is 2.13. The van der Waals surface area contributed by atoms with Crippen LogP contribution >= 0.6 is 0 Å². The number of benzene rings is 1. The molecule has 1 saturated heterocycles. The topological polar surface area (TPSA) is 101 Å². The van der Waals surface area contributed by atoms with E-state index in [4.69, 9.17) is 4.74 Å². The van der Waals surface area contributed by atoms with Crippen molar-refractivity contribution in [3.05, 3.63) is 59.3 Å². The van der Waals surface area contributed by atoms with Gasteiger partial charge in [0.2, 0.25) is 0 Å². The first-order valence-electron chi connectivity index (χ1n) is 9.75. The van der Waals surface area contributed by atoms with Crippen molar-refractivity contribution in [2.24, 2.45) is 7.05 Å². The summed E-state index contributed by atoms with van der Waals surface area (Å²) in [6.07, 6.45) is 5.28. The molecule has 0 saturated carbocycles. The van der Waals surface area contributed by atoms with E-state index in [0.29, 0.717) is 18.9 Å². The number of H-pyrrole nitrogens is 1. The van der Waals surface area contributed by atoms with Gasteiger partial charge in [0.1, 0.15) is 5.82 Å². The average Bonchev–Trinajstić information content (AvgIpc) is 3.33. The highest BCUT2D eigenvalue weighted by molar-refractivity contribution is 5.82. The van der Waals surface area contributed by atoms with Crippen LogP contribution in [-0.2, 0) is 11.8 Å². The molecule has 1 aromatic carbocycles. The van der Waals surface area contributed by atoms with Crippen LogP contribution in [0, 0.1) is 0 Å². The number of nitrogens with zero attached hydrogens (tertiary/aromatic N) is 5. The predicted octanol–water partition coefficient (Wildman–Crippen LogP) is 2.30. The monoisotopic (exact) mass is 403 g/mol. The maximum absolute atomic E-state index is 12.9. The quantitative estimate of drug-likeness (QED) is 0.539. The Morgan fingerprint density at radius 2 is 1.97 bits per heavy atom. The van der Waals surface area contributed by atoms with Gasteiger partial charge < -0.3 is 19.5 Å². The van der Waals surface area contributed by atoms with E-state index in [-0.39, 0.29) is 11.4 Å². The number of rotatable bonds is 4. The van der Waals surface area contributed by atoms with Crippen LogP contribution in [0.1, 0.15) is 0 Å². The average molecular weight is 403 g/mol. The van der Waals surface area contributed by atoms with Gasteiger partial charge in [0.25, 0.3) is 5.56 Å². The first-order chi connectivity index (χ1) is 14.7. The summed E-state index contributed by atoms with van der Waals surface area (Å²) in [5.74, 6) is 1.16. The molecule has 0 spiro atoms. The van der Waals surface area contributed by atoms with Crippen molar-refractivity contribution in [2.75, 3.05) is 36.5 Å². The van der Waals surface area contributed by atoms with Gasteiger partial charge in [-0.25, -0.2) is 9.97 Å². The molecule has 2 N–H and O–H groups in total. The minimum absolute atomic E-state index is 0.205. The van der Waals surface area contributed by atoms with Crippen molar-refractivity contribution < 1.29 is 4.74 Å². The van der Waals surface area contributed by atoms with Gasteiger partial charge in [-0.15, -0.1) is 0 Å². The minimum Gasteiger partial charge on any atom is -0.378 e. The van der Waals surface area contributed by atoms with Crippen LogP contribution in [0.5, 0.6) is 0 Å². The molecule has 0 radical (unpaired) electrons. The summed E-state index contributed by atoms with van der Waals surface area (Å²) in [4.78, 5) is 24.1. The Hall–Kier alpha value is -3.72. The molecule has 3 aromatic heterocycles. The number of pyridine rings is 1. The Morgan fingerprint density at radius 3 is 2.70 bits per heavy atom. The second-order valence-electron chi connectivity index (χ2n) is 7.14. The van der Waals surface area contributed by atoms with E-state index in [1.54, 1.807) is 24.0 Å². The molecule has 0 amide bonds. The standard InChI is InChI=1S/C21H21N7O2/c1-27-18-10-14(15-11-23-24-12-15)2-4-17(18)26-20(21(27)29)25-16-3-5-19(22-13-16)28-6-8-30-9-7-28/h2-5,10-13H,6-9H2,1H3,(H,23,24)(H,25,26). The smallest absolute Gasteiger partial charge is 0.293 e. The van der Waals surface area contributed by atoms with E-state index in [0.717, 1.165) is 41.1 Å². The van der Waals surface area contributed by atoms with Crippen LogP contribution in [0.3, 0.4) is 0 Å². The second kappa shape index (κ2) is 7.60. The molecule has 4 aromatic rings. The normalized spacial score (nSPS) is 14.2. The molecular weight excluding hydrogens is 382 g/mol. The Morgan fingerprint density at radius 1 is 1.10 bits per heavy atom. The molecule has 0 unspecified atom stereocenters. The number of nitrogens with one attached hydrogen (secondary N) is 2. The molecule has 9 heteroatoms. The third-order valence-corrected chi connectivity index (χ3v) is 5.25. The largest absolute Gasteiger partial charge is 0.378 e. The zero-order valence-electron chi connectivity index (χ0n) is 16.5. The van der Waals surface area contributed by atoms with E-state index >= 15 is 0 Å². The molecule has 30 heavy (non-hydrogen) atoms. The van der Waals surface area contributed by atoms with E-state index in [1.165, 1.54) is 0 Å². The number of aryl methyl sites for hydroxylation is 1. The van der Waals surface area contributed by atoms with Gasteiger partial charge in [-0.1, -0.05) is 6.07 Å². The first-order valence-corrected chi connectivity index (χ1v) is 9.75. The van der Waals surface area contributed by atoms with Crippen LogP contribution < -0.4 is 15.8 Å². The molecule has 1 aliphatic heterocycles. The number of fused-ring (bicyclic) bond motifs is 1. The number of hydrogen-bond donors (Lipinski definition) is 2. The van der Waals surface area contributed by atoms with Crippen LogP contribution in [-0.4, -0.2) is 51.0 Å². The highest BCUT2D eigenvalue weighted by Crippen LogP contribution is 2.23. The maximum Gasteiger partial charge on any atom is 0.293 e. The van der Waals surface area contributed by atoms with Gasteiger partial charge in [-0.3, -0.25) is 9.89 Å². The van der Waals surface area contributed by atoms with E-state index in [1.807, 2.05) is 36.5 Å². The van der Waals surface area contributed by atoms with Crippen molar-refractivity contribution in [1.82, 2.24) is 24.7 Å². The Bertz CT molecular complexity index is 1230. The molecular formula is C21H21N7O2. The maximum atomic E-state index is 12.9. The first kappa shape index (κ1) is 18.3. The van der Waals surface area contributed by atoms with E-state index in [2.05, 4.69) is 30.4 Å². The van der Waals surface area contributed by atoms with Gasteiger partial charge in [-0.2, -0.15) is 5.10 Å². The van der Waals surface area contributed by atoms with Crippen LogP contribution in [0.25, 0.3) is 22.2 Å². The van der Waals surface area contributed by atoms with Crippen LogP contribution in [0.2, 0.25) is 0 Å². The number of aromatic nitrogens is 5. The predicted molar refractivity (Wildman–Crippen MR) is 115 cm³/mol. The van der Waals surface area contributed by atoms with Gasteiger partial charge in [0.15, 0.2) is 5.82 Å². The molecule has 0 bridgehead atoms. The molecule has 9 nitrogen and oxygen atoms in total. The van der Waals surface area contributed by atoms with Gasteiger partial charge >= 0.3 is 0 Å². The lowest BCUT2D eigenvalue weighted by Crippen LogP contribution is -2.36. The molecule has 1 fully saturated rings. The van der Waals surface area contributed by atoms with Gasteiger partial charge in [0, 0.05) is 31.9 Å². The third-order valence-electron chi connectivity index (χ3n) is 5.25. The lowest BCUT2D eigenvalue weighted by Gasteiger charge is -2.27. The molecule has 5 rings (SSSR count). The number of hydrogen-bond acceptors (Lipinski definition) is 7. The minimum atomic E-state index is -0.205.